The number of amides is 1. The lowest BCUT2D eigenvalue weighted by atomic mass is 9.91. The Morgan fingerprint density at radius 1 is 1.16 bits per heavy atom. The van der Waals surface area contributed by atoms with Crippen molar-refractivity contribution >= 4 is 17.5 Å². The molecule has 0 aliphatic carbocycles. The maximum Gasteiger partial charge on any atom is 0.249 e. The molecule has 8 heteroatoms. The number of fused-ring (bicyclic) bond motifs is 1. The van der Waals surface area contributed by atoms with Crippen molar-refractivity contribution in [3.63, 3.8) is 0 Å². The van der Waals surface area contributed by atoms with Gasteiger partial charge in [0.2, 0.25) is 5.91 Å². The van der Waals surface area contributed by atoms with Crippen molar-refractivity contribution in [3.8, 4) is 22.6 Å². The highest BCUT2D eigenvalue weighted by atomic mass is 35.5. The summed E-state index contributed by atoms with van der Waals surface area (Å²) in [7, 11) is 1.49. The number of halogens is 3. The molecule has 0 saturated heterocycles. The van der Waals surface area contributed by atoms with Crippen LogP contribution in [0.2, 0.25) is 5.02 Å². The van der Waals surface area contributed by atoms with Crippen LogP contribution in [0.25, 0.3) is 11.1 Å². The summed E-state index contributed by atoms with van der Waals surface area (Å²) in [5.74, 6) is -2.44. The lowest BCUT2D eigenvalue weighted by Crippen LogP contribution is -2.15. The minimum absolute atomic E-state index is 0.0311. The van der Waals surface area contributed by atoms with Gasteiger partial charge in [0.15, 0.2) is 11.6 Å². The van der Waals surface area contributed by atoms with Crippen LogP contribution < -0.4 is 15.2 Å². The zero-order valence-corrected chi connectivity index (χ0v) is 17.9. The van der Waals surface area contributed by atoms with E-state index in [2.05, 4.69) is 0 Å². The first kappa shape index (κ1) is 22.0. The molecule has 1 aliphatic rings. The first-order chi connectivity index (χ1) is 15.4. The van der Waals surface area contributed by atoms with Crippen LogP contribution in [0.3, 0.4) is 0 Å². The van der Waals surface area contributed by atoms with Gasteiger partial charge in [-0.05, 0) is 17.7 Å². The summed E-state index contributed by atoms with van der Waals surface area (Å²) < 4.78 is 46.7. The van der Waals surface area contributed by atoms with E-state index in [0.717, 1.165) is 5.56 Å². The molecule has 1 amide bonds. The van der Waals surface area contributed by atoms with Crippen LogP contribution in [0.4, 0.5) is 8.78 Å². The van der Waals surface area contributed by atoms with E-state index >= 15 is 4.39 Å². The zero-order valence-electron chi connectivity index (χ0n) is 17.2. The van der Waals surface area contributed by atoms with Gasteiger partial charge in [0, 0.05) is 36.3 Å². The molecule has 0 bridgehead atoms. The van der Waals surface area contributed by atoms with Crippen molar-refractivity contribution in [1.82, 2.24) is 0 Å². The standard InChI is InChI=1S/C24H20ClF2NO4/c1-30-9-10-31-17-8-7-14(24(28)29)21(23(17)27)20-15-11-18(13-5-3-2-4-6-13)32-19(15)12-16(26)22(20)25/h2-8,12,18H,9-11H2,1H3,(H2,28,29). The van der Waals surface area contributed by atoms with Crippen molar-refractivity contribution < 1.29 is 27.8 Å². The molecule has 0 fully saturated rings. The topological polar surface area (TPSA) is 70.8 Å². The largest absolute Gasteiger partial charge is 0.488 e. The normalized spacial score (nSPS) is 14.7. The lowest BCUT2D eigenvalue weighted by Gasteiger charge is -2.17. The van der Waals surface area contributed by atoms with E-state index in [4.69, 9.17) is 31.5 Å². The predicted molar refractivity (Wildman–Crippen MR) is 116 cm³/mol. The van der Waals surface area contributed by atoms with Crippen LogP contribution in [0.1, 0.15) is 27.6 Å². The molecule has 0 aromatic heterocycles. The monoisotopic (exact) mass is 459 g/mol. The highest BCUT2D eigenvalue weighted by Crippen LogP contribution is 2.48. The lowest BCUT2D eigenvalue weighted by molar-refractivity contribution is 0.1000. The van der Waals surface area contributed by atoms with Gasteiger partial charge in [-0.15, -0.1) is 0 Å². The van der Waals surface area contributed by atoms with Crippen LogP contribution in [0.5, 0.6) is 11.5 Å². The van der Waals surface area contributed by atoms with Gasteiger partial charge < -0.3 is 19.9 Å². The summed E-state index contributed by atoms with van der Waals surface area (Å²) >= 11 is 6.32. The van der Waals surface area contributed by atoms with Gasteiger partial charge in [-0.3, -0.25) is 4.79 Å². The van der Waals surface area contributed by atoms with Gasteiger partial charge in [-0.1, -0.05) is 41.9 Å². The van der Waals surface area contributed by atoms with Gasteiger partial charge >= 0.3 is 0 Å². The van der Waals surface area contributed by atoms with Gasteiger partial charge in [0.05, 0.1) is 17.2 Å². The van der Waals surface area contributed by atoms with E-state index in [9.17, 15) is 9.18 Å². The fraction of sp³-hybridized carbons (Fsp3) is 0.208. The first-order valence-corrected chi connectivity index (χ1v) is 10.3. The SMILES string of the molecule is COCCOc1ccc(C(N)=O)c(-c2c(Cl)c(F)cc3c2CC(c2ccccc2)O3)c1F. The van der Waals surface area contributed by atoms with Crippen molar-refractivity contribution in [1.29, 1.82) is 0 Å². The van der Waals surface area contributed by atoms with E-state index in [1.54, 1.807) is 0 Å². The first-order valence-electron chi connectivity index (χ1n) is 9.89. The Labute approximate surface area is 188 Å². The van der Waals surface area contributed by atoms with Crippen LogP contribution in [-0.4, -0.2) is 26.2 Å². The average Bonchev–Trinajstić information content (AvgIpc) is 3.20. The van der Waals surface area contributed by atoms with E-state index < -0.39 is 23.6 Å². The fourth-order valence-electron chi connectivity index (χ4n) is 3.80. The zero-order chi connectivity index (χ0) is 22.8. The van der Waals surface area contributed by atoms with Gasteiger partial charge in [0.25, 0.3) is 0 Å². The van der Waals surface area contributed by atoms with Gasteiger partial charge in [-0.25, -0.2) is 8.78 Å². The Balaban J connectivity index is 1.88. The van der Waals surface area contributed by atoms with Crippen molar-refractivity contribution in [3.05, 3.63) is 81.9 Å². The summed E-state index contributed by atoms with van der Waals surface area (Å²) in [6.45, 7) is 0.312. The Hall–Kier alpha value is -3.16. The molecule has 3 aromatic carbocycles. The Kier molecular flexibility index (Phi) is 6.30. The summed E-state index contributed by atoms with van der Waals surface area (Å²) in [5.41, 5.74) is 6.54. The van der Waals surface area contributed by atoms with E-state index in [0.29, 0.717) is 12.0 Å². The molecule has 166 valence electrons. The number of carbonyl (C=O) groups is 1. The Morgan fingerprint density at radius 2 is 1.91 bits per heavy atom. The summed E-state index contributed by atoms with van der Waals surface area (Å²) in [6.07, 6.45) is -0.106. The minimum atomic E-state index is -0.880. The summed E-state index contributed by atoms with van der Waals surface area (Å²) in [6, 6.07) is 13.2. The van der Waals surface area contributed by atoms with Crippen LogP contribution >= 0.6 is 11.6 Å². The third-order valence-corrected chi connectivity index (χ3v) is 5.65. The van der Waals surface area contributed by atoms with Crippen LogP contribution in [0, 0.1) is 11.6 Å². The predicted octanol–water partition coefficient (Wildman–Crippen LogP) is 5.09. The molecular formula is C24H20ClF2NO4. The molecule has 0 saturated carbocycles. The number of hydrogen-bond acceptors (Lipinski definition) is 4. The second kappa shape index (κ2) is 9.14. The molecular weight excluding hydrogens is 440 g/mol. The molecule has 1 unspecified atom stereocenters. The molecule has 1 atom stereocenters. The molecule has 3 aromatic rings. The molecule has 2 N–H and O–H groups in total. The minimum Gasteiger partial charge on any atom is -0.488 e. The van der Waals surface area contributed by atoms with Crippen LogP contribution in [-0.2, 0) is 11.2 Å². The fourth-order valence-corrected chi connectivity index (χ4v) is 4.06. The van der Waals surface area contributed by atoms with Crippen LogP contribution in [0.15, 0.2) is 48.5 Å². The number of benzene rings is 3. The number of nitrogens with two attached hydrogens (primary N) is 1. The number of carbonyl (C=O) groups excluding carboxylic acids is 1. The van der Waals surface area contributed by atoms with E-state index in [-0.39, 0.29) is 46.4 Å². The molecule has 0 radical (unpaired) electrons. The van der Waals surface area contributed by atoms with Crippen molar-refractivity contribution in [2.75, 3.05) is 20.3 Å². The molecule has 1 aliphatic heterocycles. The maximum atomic E-state index is 15.6. The molecule has 4 rings (SSSR count). The Morgan fingerprint density at radius 3 is 2.59 bits per heavy atom. The third-order valence-electron chi connectivity index (χ3n) is 5.28. The third kappa shape index (κ3) is 4.01. The smallest absolute Gasteiger partial charge is 0.249 e. The number of hydrogen-bond donors (Lipinski definition) is 1. The Bertz CT molecular complexity index is 1170. The summed E-state index contributed by atoms with van der Waals surface area (Å²) in [4.78, 5) is 12.1. The number of ether oxygens (including phenoxy) is 3. The second-order valence-corrected chi connectivity index (χ2v) is 7.63. The highest BCUT2D eigenvalue weighted by Gasteiger charge is 2.33. The van der Waals surface area contributed by atoms with Gasteiger partial charge in [-0.2, -0.15) is 0 Å². The molecule has 32 heavy (non-hydrogen) atoms. The van der Waals surface area contributed by atoms with Gasteiger partial charge in [0.1, 0.15) is 24.3 Å². The quantitative estimate of drug-likeness (QED) is 0.500. The number of primary amides is 1. The van der Waals surface area contributed by atoms with Crippen molar-refractivity contribution in [2.24, 2.45) is 5.73 Å². The number of rotatable bonds is 7. The molecule has 5 nitrogen and oxygen atoms in total. The molecule has 1 heterocycles. The average molecular weight is 460 g/mol. The van der Waals surface area contributed by atoms with E-state index in [1.807, 2.05) is 30.3 Å². The van der Waals surface area contributed by atoms with Crippen molar-refractivity contribution in [2.45, 2.75) is 12.5 Å². The second-order valence-electron chi connectivity index (χ2n) is 7.25. The summed E-state index contributed by atoms with van der Waals surface area (Å²) in [5, 5.41) is -0.323. The maximum absolute atomic E-state index is 15.6. The van der Waals surface area contributed by atoms with E-state index in [1.165, 1.54) is 25.3 Å². The molecule has 0 spiro atoms. The number of methoxy groups -OCH3 is 1. The highest BCUT2D eigenvalue weighted by molar-refractivity contribution is 6.34.